The molecule has 0 aliphatic carbocycles. The van der Waals surface area contributed by atoms with Gasteiger partial charge in [0, 0.05) is 39.2 Å². The lowest BCUT2D eigenvalue weighted by molar-refractivity contribution is 0.190. The van der Waals surface area contributed by atoms with Gasteiger partial charge < -0.3 is 9.30 Å². The van der Waals surface area contributed by atoms with Crippen molar-refractivity contribution in [2.75, 3.05) is 13.7 Å². The second kappa shape index (κ2) is 7.36. The van der Waals surface area contributed by atoms with Crippen LogP contribution in [0.4, 0.5) is 0 Å². The van der Waals surface area contributed by atoms with Crippen LogP contribution in [0.25, 0.3) is 16.9 Å². The zero-order valence-corrected chi connectivity index (χ0v) is 17.2. The molecule has 0 aliphatic heterocycles. The van der Waals surface area contributed by atoms with Crippen molar-refractivity contribution in [2.45, 2.75) is 33.4 Å². The Kier molecular flexibility index (Phi) is 4.87. The quantitative estimate of drug-likeness (QED) is 0.467. The monoisotopic (exact) mass is 395 g/mol. The average molecular weight is 395 g/mol. The van der Waals surface area contributed by atoms with Crippen molar-refractivity contribution < 1.29 is 4.74 Å². The summed E-state index contributed by atoms with van der Waals surface area (Å²) in [4.78, 5) is 30.8. The van der Waals surface area contributed by atoms with Crippen LogP contribution in [0.2, 0.25) is 0 Å². The molecule has 0 saturated carbocycles. The van der Waals surface area contributed by atoms with Gasteiger partial charge in [0.2, 0.25) is 5.78 Å². The van der Waals surface area contributed by atoms with Gasteiger partial charge in [-0.15, -0.1) is 0 Å². The highest BCUT2D eigenvalue weighted by atomic mass is 16.5. The molecule has 1 aromatic carbocycles. The van der Waals surface area contributed by atoms with Crippen molar-refractivity contribution in [1.82, 2.24) is 23.1 Å². The summed E-state index contributed by atoms with van der Waals surface area (Å²) in [5.74, 6) is 0.661. The standard InChI is InChI=1S/C21H25N5O3/c1-14-6-8-16(9-7-14)13-26-19(27)17-18(23(3)21(26)28)22-20-24(10-5-11-29-4)15(2)12-25(17)20/h6-9,12H,5,10-11,13H2,1-4H3. The third kappa shape index (κ3) is 3.19. The summed E-state index contributed by atoms with van der Waals surface area (Å²) in [6, 6.07) is 7.83. The minimum atomic E-state index is -0.369. The topological polar surface area (TPSA) is 75.5 Å². The molecule has 0 unspecified atom stereocenters. The lowest BCUT2D eigenvalue weighted by Gasteiger charge is -2.08. The molecule has 3 aromatic heterocycles. The van der Waals surface area contributed by atoms with Crippen molar-refractivity contribution >= 4 is 16.9 Å². The second-order valence-electron chi connectivity index (χ2n) is 7.44. The minimum Gasteiger partial charge on any atom is -0.385 e. The predicted octanol–water partition coefficient (Wildman–Crippen LogP) is 1.85. The molecule has 0 spiro atoms. The Morgan fingerprint density at radius 1 is 1.07 bits per heavy atom. The number of aryl methyl sites for hydroxylation is 4. The number of fused-ring (bicyclic) bond motifs is 3. The first kappa shape index (κ1) is 19.2. The molecule has 0 amide bonds. The maximum Gasteiger partial charge on any atom is 0.332 e. The molecule has 152 valence electrons. The van der Waals surface area contributed by atoms with Gasteiger partial charge in [0.25, 0.3) is 5.56 Å². The number of imidazole rings is 2. The van der Waals surface area contributed by atoms with E-state index in [0.717, 1.165) is 29.8 Å². The van der Waals surface area contributed by atoms with Crippen LogP contribution in [-0.2, 0) is 24.9 Å². The normalized spacial score (nSPS) is 11.7. The maximum absolute atomic E-state index is 13.3. The van der Waals surface area contributed by atoms with Crippen molar-refractivity contribution in [3.63, 3.8) is 0 Å². The van der Waals surface area contributed by atoms with Gasteiger partial charge in [0.15, 0.2) is 11.2 Å². The van der Waals surface area contributed by atoms with E-state index in [1.54, 1.807) is 18.6 Å². The van der Waals surface area contributed by atoms with E-state index >= 15 is 0 Å². The van der Waals surface area contributed by atoms with Crippen LogP contribution in [0.15, 0.2) is 40.1 Å². The molecule has 4 aromatic rings. The van der Waals surface area contributed by atoms with Crippen molar-refractivity contribution in [3.8, 4) is 0 Å². The number of rotatable bonds is 6. The van der Waals surface area contributed by atoms with Crippen LogP contribution in [-0.4, -0.2) is 36.8 Å². The van der Waals surface area contributed by atoms with E-state index in [1.807, 2.05) is 48.9 Å². The Balaban J connectivity index is 1.90. The summed E-state index contributed by atoms with van der Waals surface area (Å²) < 4.78 is 11.7. The van der Waals surface area contributed by atoms with E-state index in [2.05, 4.69) is 4.98 Å². The molecule has 8 heteroatoms. The first-order valence-corrected chi connectivity index (χ1v) is 9.64. The molecule has 29 heavy (non-hydrogen) atoms. The SMILES string of the molecule is COCCCn1c(C)cn2c3c(=O)n(Cc4ccc(C)cc4)c(=O)n(C)c3nc12. The lowest BCUT2D eigenvalue weighted by Crippen LogP contribution is -2.39. The third-order valence-electron chi connectivity index (χ3n) is 5.33. The highest BCUT2D eigenvalue weighted by Crippen LogP contribution is 2.17. The van der Waals surface area contributed by atoms with Gasteiger partial charge in [-0.25, -0.2) is 4.79 Å². The summed E-state index contributed by atoms with van der Waals surface area (Å²) in [5.41, 5.74) is 3.16. The molecule has 0 saturated heterocycles. The number of nitrogens with zero attached hydrogens (tertiary/aromatic N) is 5. The molecule has 0 radical (unpaired) electrons. The fourth-order valence-electron chi connectivity index (χ4n) is 3.71. The molecule has 0 N–H and O–H groups in total. The molecule has 0 aliphatic rings. The van der Waals surface area contributed by atoms with Gasteiger partial charge in [-0.2, -0.15) is 4.98 Å². The van der Waals surface area contributed by atoms with Crippen molar-refractivity contribution in [3.05, 3.63) is 68.1 Å². The van der Waals surface area contributed by atoms with E-state index in [-0.39, 0.29) is 17.8 Å². The summed E-state index contributed by atoms with van der Waals surface area (Å²) in [6.07, 6.45) is 2.74. The number of ether oxygens (including phenoxy) is 1. The number of hydrogen-bond acceptors (Lipinski definition) is 4. The Bertz CT molecular complexity index is 1310. The molecule has 0 atom stereocenters. The van der Waals surface area contributed by atoms with Gasteiger partial charge in [0.05, 0.1) is 6.54 Å². The smallest absolute Gasteiger partial charge is 0.332 e. The first-order valence-electron chi connectivity index (χ1n) is 9.64. The molecule has 4 rings (SSSR count). The minimum absolute atomic E-state index is 0.225. The fraction of sp³-hybridized carbons (Fsp3) is 0.381. The second-order valence-corrected chi connectivity index (χ2v) is 7.44. The zero-order valence-electron chi connectivity index (χ0n) is 17.2. The Morgan fingerprint density at radius 2 is 1.79 bits per heavy atom. The van der Waals surface area contributed by atoms with Crippen molar-refractivity contribution in [1.29, 1.82) is 0 Å². The Labute approximate surface area is 167 Å². The highest BCUT2D eigenvalue weighted by molar-refractivity contribution is 5.75. The largest absolute Gasteiger partial charge is 0.385 e. The number of methoxy groups -OCH3 is 1. The van der Waals surface area contributed by atoms with Gasteiger partial charge in [-0.1, -0.05) is 29.8 Å². The van der Waals surface area contributed by atoms with Crippen LogP contribution in [0.5, 0.6) is 0 Å². The molecule has 3 heterocycles. The van der Waals surface area contributed by atoms with E-state index in [9.17, 15) is 9.59 Å². The Hall–Kier alpha value is -3.13. The zero-order chi connectivity index (χ0) is 20.7. The number of benzene rings is 1. The van der Waals surface area contributed by atoms with Crippen LogP contribution in [0.1, 0.15) is 23.2 Å². The van der Waals surface area contributed by atoms with E-state index < -0.39 is 0 Å². The molecular formula is C21H25N5O3. The van der Waals surface area contributed by atoms with Crippen molar-refractivity contribution in [2.24, 2.45) is 7.05 Å². The number of aromatic nitrogens is 5. The van der Waals surface area contributed by atoms with Crippen LogP contribution in [0, 0.1) is 13.8 Å². The summed E-state index contributed by atoms with van der Waals surface area (Å²) >= 11 is 0. The van der Waals surface area contributed by atoms with Gasteiger partial charge in [-0.3, -0.25) is 18.3 Å². The molecule has 0 bridgehead atoms. The third-order valence-corrected chi connectivity index (χ3v) is 5.33. The summed E-state index contributed by atoms with van der Waals surface area (Å²) in [7, 11) is 3.33. The molecular weight excluding hydrogens is 370 g/mol. The van der Waals surface area contributed by atoms with Crippen LogP contribution < -0.4 is 11.2 Å². The average Bonchev–Trinajstić information content (AvgIpc) is 3.21. The first-order chi connectivity index (χ1) is 13.9. The highest BCUT2D eigenvalue weighted by Gasteiger charge is 2.20. The lowest BCUT2D eigenvalue weighted by atomic mass is 10.1. The fourth-order valence-corrected chi connectivity index (χ4v) is 3.71. The van der Waals surface area contributed by atoms with Crippen LogP contribution >= 0.6 is 0 Å². The van der Waals surface area contributed by atoms with Gasteiger partial charge >= 0.3 is 5.69 Å². The molecule has 0 fully saturated rings. The van der Waals surface area contributed by atoms with Gasteiger partial charge in [0.1, 0.15) is 0 Å². The number of hydrogen-bond donors (Lipinski definition) is 0. The maximum atomic E-state index is 13.3. The Morgan fingerprint density at radius 3 is 2.48 bits per heavy atom. The summed E-state index contributed by atoms with van der Waals surface area (Å²) in [5, 5.41) is 0. The van der Waals surface area contributed by atoms with Gasteiger partial charge in [-0.05, 0) is 25.8 Å². The summed E-state index contributed by atoms with van der Waals surface area (Å²) in [6.45, 7) is 5.59. The van der Waals surface area contributed by atoms with E-state index in [4.69, 9.17) is 4.74 Å². The van der Waals surface area contributed by atoms with Crippen LogP contribution in [0.3, 0.4) is 0 Å². The van der Waals surface area contributed by atoms with E-state index in [1.165, 1.54) is 9.13 Å². The van der Waals surface area contributed by atoms with E-state index in [0.29, 0.717) is 23.5 Å². The predicted molar refractivity (Wildman–Crippen MR) is 112 cm³/mol. The molecule has 8 nitrogen and oxygen atoms in total.